The molecule has 0 spiro atoms. The third-order valence-corrected chi connectivity index (χ3v) is 2.10. The molecule has 0 fully saturated rings. The van der Waals surface area contributed by atoms with Crippen LogP contribution in [0.5, 0.6) is 0 Å². The molecule has 2 nitrogen and oxygen atoms in total. The van der Waals surface area contributed by atoms with Gasteiger partial charge in [0.05, 0.1) is 0 Å². The lowest BCUT2D eigenvalue weighted by molar-refractivity contribution is 0.559. The van der Waals surface area contributed by atoms with Crippen LogP contribution in [0.2, 0.25) is 0 Å². The summed E-state index contributed by atoms with van der Waals surface area (Å²) in [4.78, 5) is 0. The van der Waals surface area contributed by atoms with E-state index in [9.17, 15) is 0 Å². The fourth-order valence-electron chi connectivity index (χ4n) is 1.19. The monoisotopic (exact) mass is 178 g/mol. The van der Waals surface area contributed by atoms with Crippen LogP contribution in [-0.2, 0) is 6.42 Å². The second kappa shape index (κ2) is 5.73. The minimum Gasteiger partial charge on any atom is -0.329 e. The molecule has 0 aromatic heterocycles. The zero-order valence-corrected chi connectivity index (χ0v) is 8.16. The molecule has 0 aliphatic heterocycles. The van der Waals surface area contributed by atoms with Gasteiger partial charge in [-0.25, -0.2) is 0 Å². The molecule has 13 heavy (non-hydrogen) atoms. The Morgan fingerprint density at radius 3 is 2.62 bits per heavy atom. The summed E-state index contributed by atoms with van der Waals surface area (Å²) in [5.74, 6) is 0. The maximum absolute atomic E-state index is 5.49. The Balaban J connectivity index is 2.20. The van der Waals surface area contributed by atoms with E-state index in [0.717, 1.165) is 13.0 Å². The molecule has 1 aromatic carbocycles. The van der Waals surface area contributed by atoms with Gasteiger partial charge in [0, 0.05) is 12.6 Å². The Morgan fingerprint density at radius 1 is 1.31 bits per heavy atom. The fourth-order valence-corrected chi connectivity index (χ4v) is 1.19. The summed E-state index contributed by atoms with van der Waals surface area (Å²) in [5.41, 5.74) is 6.86. The predicted octanol–water partition coefficient (Wildman–Crippen LogP) is 1.17. The first-order chi connectivity index (χ1) is 6.33. The summed E-state index contributed by atoms with van der Waals surface area (Å²) in [6.45, 7) is 3.81. The molecule has 0 bridgehead atoms. The normalized spacial score (nSPS) is 12.8. The Labute approximate surface area is 80.1 Å². The van der Waals surface area contributed by atoms with Crippen LogP contribution in [-0.4, -0.2) is 19.1 Å². The van der Waals surface area contributed by atoms with E-state index in [2.05, 4.69) is 36.5 Å². The molecule has 0 amide bonds. The van der Waals surface area contributed by atoms with Gasteiger partial charge in [-0.2, -0.15) is 0 Å². The lowest BCUT2D eigenvalue weighted by Gasteiger charge is -2.10. The predicted molar refractivity (Wildman–Crippen MR) is 56.7 cm³/mol. The molecule has 1 rings (SSSR count). The van der Waals surface area contributed by atoms with Gasteiger partial charge < -0.3 is 11.1 Å². The average Bonchev–Trinajstić information content (AvgIpc) is 2.19. The number of benzene rings is 1. The zero-order valence-electron chi connectivity index (χ0n) is 8.16. The highest BCUT2D eigenvalue weighted by Crippen LogP contribution is 1.98. The van der Waals surface area contributed by atoms with Crippen molar-refractivity contribution in [1.82, 2.24) is 5.32 Å². The molecular weight excluding hydrogens is 160 g/mol. The van der Waals surface area contributed by atoms with Crippen LogP contribution < -0.4 is 11.1 Å². The molecular formula is C11H18N2. The van der Waals surface area contributed by atoms with Crippen LogP contribution in [0.4, 0.5) is 0 Å². The Morgan fingerprint density at radius 2 is 2.00 bits per heavy atom. The van der Waals surface area contributed by atoms with E-state index in [4.69, 9.17) is 5.73 Å². The highest BCUT2D eigenvalue weighted by atomic mass is 14.9. The summed E-state index contributed by atoms with van der Waals surface area (Å²) in [6, 6.07) is 10.9. The second-order valence-electron chi connectivity index (χ2n) is 3.33. The van der Waals surface area contributed by atoms with Gasteiger partial charge >= 0.3 is 0 Å². The number of hydrogen-bond donors (Lipinski definition) is 2. The van der Waals surface area contributed by atoms with Gasteiger partial charge in [-0.15, -0.1) is 0 Å². The van der Waals surface area contributed by atoms with Crippen molar-refractivity contribution < 1.29 is 0 Å². The number of nitrogens with two attached hydrogens (primary N) is 1. The van der Waals surface area contributed by atoms with Crippen LogP contribution in [0.15, 0.2) is 30.3 Å². The van der Waals surface area contributed by atoms with Crippen molar-refractivity contribution in [1.29, 1.82) is 0 Å². The molecule has 1 aromatic rings. The SMILES string of the molecule is C[C@@H](CN)NCCc1ccccc1. The molecule has 2 heteroatoms. The maximum atomic E-state index is 5.49. The van der Waals surface area contributed by atoms with Gasteiger partial charge in [0.2, 0.25) is 0 Å². The van der Waals surface area contributed by atoms with Gasteiger partial charge in [-0.05, 0) is 25.5 Å². The third-order valence-electron chi connectivity index (χ3n) is 2.10. The van der Waals surface area contributed by atoms with Gasteiger partial charge in [-0.1, -0.05) is 30.3 Å². The van der Waals surface area contributed by atoms with Crippen LogP contribution in [0.25, 0.3) is 0 Å². The quantitative estimate of drug-likeness (QED) is 0.710. The largest absolute Gasteiger partial charge is 0.329 e. The molecule has 1 atom stereocenters. The molecule has 72 valence electrons. The summed E-state index contributed by atoms with van der Waals surface area (Å²) >= 11 is 0. The van der Waals surface area contributed by atoms with E-state index in [1.54, 1.807) is 0 Å². The number of nitrogens with one attached hydrogen (secondary N) is 1. The van der Waals surface area contributed by atoms with Crippen molar-refractivity contribution >= 4 is 0 Å². The minimum absolute atomic E-state index is 0.420. The van der Waals surface area contributed by atoms with Gasteiger partial charge in [0.25, 0.3) is 0 Å². The molecule has 0 aliphatic carbocycles. The lowest BCUT2D eigenvalue weighted by Crippen LogP contribution is -2.34. The van der Waals surface area contributed by atoms with Crippen molar-refractivity contribution in [3.05, 3.63) is 35.9 Å². The fraction of sp³-hybridized carbons (Fsp3) is 0.455. The van der Waals surface area contributed by atoms with Crippen molar-refractivity contribution in [2.24, 2.45) is 5.73 Å². The minimum atomic E-state index is 0.420. The molecule has 0 saturated carbocycles. The van der Waals surface area contributed by atoms with Crippen LogP contribution >= 0.6 is 0 Å². The van der Waals surface area contributed by atoms with Gasteiger partial charge in [0.1, 0.15) is 0 Å². The van der Waals surface area contributed by atoms with Crippen LogP contribution in [0.3, 0.4) is 0 Å². The van der Waals surface area contributed by atoms with E-state index in [1.165, 1.54) is 5.56 Å². The topological polar surface area (TPSA) is 38.0 Å². The maximum Gasteiger partial charge on any atom is 0.0162 e. The summed E-state index contributed by atoms with van der Waals surface area (Å²) in [6.07, 6.45) is 1.07. The first-order valence-electron chi connectivity index (χ1n) is 4.80. The summed E-state index contributed by atoms with van der Waals surface area (Å²) < 4.78 is 0. The van der Waals surface area contributed by atoms with Gasteiger partial charge in [-0.3, -0.25) is 0 Å². The average molecular weight is 178 g/mol. The van der Waals surface area contributed by atoms with E-state index < -0.39 is 0 Å². The zero-order chi connectivity index (χ0) is 9.52. The lowest BCUT2D eigenvalue weighted by atomic mass is 10.1. The van der Waals surface area contributed by atoms with E-state index in [0.29, 0.717) is 12.6 Å². The molecule has 0 heterocycles. The van der Waals surface area contributed by atoms with E-state index >= 15 is 0 Å². The standard InChI is InChI=1S/C11H18N2/c1-10(9-12)13-8-7-11-5-3-2-4-6-11/h2-6,10,13H,7-9,12H2,1H3/t10-/m0/s1. The van der Waals surface area contributed by atoms with Crippen LogP contribution in [0.1, 0.15) is 12.5 Å². The molecule has 0 aliphatic rings. The van der Waals surface area contributed by atoms with Crippen molar-refractivity contribution in [3.63, 3.8) is 0 Å². The smallest absolute Gasteiger partial charge is 0.0162 e. The summed E-state index contributed by atoms with van der Waals surface area (Å²) in [7, 11) is 0. The number of hydrogen-bond acceptors (Lipinski definition) is 2. The molecule has 0 saturated heterocycles. The highest BCUT2D eigenvalue weighted by Gasteiger charge is 1.96. The molecule has 0 unspecified atom stereocenters. The van der Waals surface area contributed by atoms with Crippen molar-refractivity contribution in [2.45, 2.75) is 19.4 Å². The molecule has 3 N–H and O–H groups in total. The second-order valence-corrected chi connectivity index (χ2v) is 3.33. The van der Waals surface area contributed by atoms with Crippen LogP contribution in [0, 0.1) is 0 Å². The Bertz CT molecular complexity index is 221. The van der Waals surface area contributed by atoms with E-state index in [-0.39, 0.29) is 0 Å². The third kappa shape index (κ3) is 4.06. The van der Waals surface area contributed by atoms with E-state index in [1.807, 2.05) is 6.07 Å². The summed E-state index contributed by atoms with van der Waals surface area (Å²) in [5, 5.41) is 3.36. The number of rotatable bonds is 5. The first kappa shape index (κ1) is 10.2. The highest BCUT2D eigenvalue weighted by molar-refractivity contribution is 5.14. The Kier molecular flexibility index (Phi) is 4.50. The first-order valence-corrected chi connectivity index (χ1v) is 4.80. The molecule has 0 radical (unpaired) electrons. The van der Waals surface area contributed by atoms with Crippen molar-refractivity contribution in [3.8, 4) is 0 Å². The Hall–Kier alpha value is -0.860. The van der Waals surface area contributed by atoms with Crippen molar-refractivity contribution in [2.75, 3.05) is 13.1 Å². The van der Waals surface area contributed by atoms with Gasteiger partial charge in [0.15, 0.2) is 0 Å².